The fraction of sp³-hybridized carbons (Fsp3) is 0.545. The van der Waals surface area contributed by atoms with Gasteiger partial charge < -0.3 is 9.15 Å². The molecule has 0 aliphatic carbocycles. The molecular formula is C22H28F3N3O2. The molecule has 164 valence electrons. The van der Waals surface area contributed by atoms with Crippen LogP contribution in [0.25, 0.3) is 0 Å². The predicted molar refractivity (Wildman–Crippen MR) is 107 cm³/mol. The molecule has 0 amide bonds. The van der Waals surface area contributed by atoms with Crippen LogP contribution in [0.2, 0.25) is 0 Å². The first kappa shape index (κ1) is 21.4. The van der Waals surface area contributed by atoms with Gasteiger partial charge in [0.05, 0.1) is 12.1 Å². The topological polar surface area (TPSA) is 49.7 Å². The van der Waals surface area contributed by atoms with Crippen LogP contribution in [0.5, 0.6) is 0 Å². The van der Waals surface area contributed by atoms with Crippen LogP contribution in [0.3, 0.4) is 0 Å². The second-order valence-electron chi connectivity index (χ2n) is 8.20. The zero-order valence-corrected chi connectivity index (χ0v) is 17.0. The lowest BCUT2D eigenvalue weighted by Gasteiger charge is -2.36. The highest BCUT2D eigenvalue weighted by Gasteiger charge is 2.37. The summed E-state index contributed by atoms with van der Waals surface area (Å²) in [6, 6.07) is 9.83. The van der Waals surface area contributed by atoms with Crippen LogP contribution in [0.1, 0.15) is 41.4 Å². The summed E-state index contributed by atoms with van der Waals surface area (Å²) < 4.78 is 50.2. The van der Waals surface area contributed by atoms with Gasteiger partial charge in [0.15, 0.2) is 0 Å². The molecule has 2 atom stereocenters. The van der Waals surface area contributed by atoms with Gasteiger partial charge in [0.25, 0.3) is 0 Å². The summed E-state index contributed by atoms with van der Waals surface area (Å²) in [5.74, 6) is 2.21. The number of nitrogens with zero attached hydrogens (tertiary/aromatic N) is 1. The molecule has 5 nitrogen and oxygen atoms in total. The van der Waals surface area contributed by atoms with Crippen molar-refractivity contribution in [3.05, 3.63) is 59.0 Å². The van der Waals surface area contributed by atoms with Crippen LogP contribution in [-0.4, -0.2) is 37.7 Å². The van der Waals surface area contributed by atoms with E-state index in [-0.39, 0.29) is 12.0 Å². The summed E-state index contributed by atoms with van der Waals surface area (Å²) in [5.41, 5.74) is 6.67. The minimum atomic E-state index is -4.31. The normalized spacial score (nSPS) is 23.9. The molecule has 1 aromatic heterocycles. The first-order valence-electron chi connectivity index (χ1n) is 10.4. The van der Waals surface area contributed by atoms with Crippen LogP contribution in [0.15, 0.2) is 40.8 Å². The number of piperidine rings is 1. The van der Waals surface area contributed by atoms with Gasteiger partial charge in [-0.05, 0) is 55.6 Å². The lowest BCUT2D eigenvalue weighted by molar-refractivity contribution is -0.137. The molecule has 4 rings (SSSR count). The van der Waals surface area contributed by atoms with Crippen molar-refractivity contribution >= 4 is 0 Å². The molecule has 2 fully saturated rings. The molecule has 0 radical (unpaired) electrons. The van der Waals surface area contributed by atoms with E-state index < -0.39 is 11.7 Å². The average Bonchev–Trinajstić information content (AvgIpc) is 3.38. The number of benzene rings is 1. The molecular weight excluding hydrogens is 395 g/mol. The highest BCUT2D eigenvalue weighted by Crippen LogP contribution is 2.36. The highest BCUT2D eigenvalue weighted by molar-refractivity contribution is 5.30. The lowest BCUT2D eigenvalue weighted by atomic mass is 9.80. The molecule has 2 N–H and O–H groups in total. The zero-order valence-electron chi connectivity index (χ0n) is 17.0. The Kier molecular flexibility index (Phi) is 6.48. The van der Waals surface area contributed by atoms with Gasteiger partial charge in [-0.25, -0.2) is 0 Å². The highest BCUT2D eigenvalue weighted by atomic mass is 19.4. The van der Waals surface area contributed by atoms with Crippen molar-refractivity contribution in [2.24, 2.45) is 5.92 Å². The Morgan fingerprint density at radius 2 is 1.90 bits per heavy atom. The van der Waals surface area contributed by atoms with Gasteiger partial charge in [-0.2, -0.15) is 13.2 Å². The van der Waals surface area contributed by atoms with E-state index in [0.717, 1.165) is 55.6 Å². The number of hydrogen-bond donors (Lipinski definition) is 2. The van der Waals surface area contributed by atoms with Crippen molar-refractivity contribution in [2.45, 2.75) is 44.1 Å². The van der Waals surface area contributed by atoms with Crippen LogP contribution in [0, 0.1) is 5.92 Å². The van der Waals surface area contributed by atoms with E-state index in [1.807, 2.05) is 18.2 Å². The standard InChI is InChI=1S/C22H28F3N3O2/c1-29-14-19-6-5-18(30-19)13-28-9-7-15(8-10-28)21-20(12-26-27-21)16-3-2-4-17(11-16)22(23,24)25/h2-6,11,15,20-21,26-27H,7-10,12-14H2,1H3. The Labute approximate surface area is 174 Å². The van der Waals surface area contributed by atoms with Gasteiger partial charge in [-0.1, -0.05) is 18.2 Å². The Balaban J connectivity index is 1.36. The number of ether oxygens (including phenoxy) is 1. The zero-order chi connectivity index (χ0) is 21.1. The van der Waals surface area contributed by atoms with E-state index >= 15 is 0 Å². The molecule has 0 spiro atoms. The summed E-state index contributed by atoms with van der Waals surface area (Å²) in [5, 5.41) is 0. The minimum Gasteiger partial charge on any atom is -0.462 e. The molecule has 1 aromatic carbocycles. The number of rotatable bonds is 6. The van der Waals surface area contributed by atoms with Gasteiger partial charge in [-0.3, -0.25) is 15.8 Å². The summed E-state index contributed by atoms with van der Waals surface area (Å²) in [6.07, 6.45) is -2.31. The number of hydrazine groups is 1. The van der Waals surface area contributed by atoms with Crippen LogP contribution < -0.4 is 10.9 Å². The fourth-order valence-corrected chi connectivity index (χ4v) is 4.65. The Morgan fingerprint density at radius 1 is 1.13 bits per heavy atom. The molecule has 8 heteroatoms. The van der Waals surface area contributed by atoms with Crippen molar-refractivity contribution in [2.75, 3.05) is 26.7 Å². The van der Waals surface area contributed by atoms with E-state index in [2.05, 4.69) is 15.8 Å². The van der Waals surface area contributed by atoms with Crippen molar-refractivity contribution in [3.63, 3.8) is 0 Å². The number of alkyl halides is 3. The third kappa shape index (κ3) is 4.88. The minimum absolute atomic E-state index is 0.0329. The monoisotopic (exact) mass is 423 g/mol. The van der Waals surface area contributed by atoms with Gasteiger partial charge in [0.1, 0.15) is 18.1 Å². The number of furan rings is 1. The fourth-order valence-electron chi connectivity index (χ4n) is 4.65. The van der Waals surface area contributed by atoms with Gasteiger partial charge in [-0.15, -0.1) is 0 Å². The Bertz CT molecular complexity index is 831. The smallest absolute Gasteiger partial charge is 0.416 e. The van der Waals surface area contributed by atoms with Crippen LogP contribution in [-0.2, 0) is 24.1 Å². The molecule has 2 aliphatic heterocycles. The van der Waals surface area contributed by atoms with Crippen molar-refractivity contribution < 1.29 is 22.3 Å². The van der Waals surface area contributed by atoms with Crippen LogP contribution in [0.4, 0.5) is 13.2 Å². The second kappa shape index (κ2) is 9.09. The van der Waals surface area contributed by atoms with E-state index in [1.165, 1.54) is 12.1 Å². The maximum atomic E-state index is 13.1. The van der Waals surface area contributed by atoms with Crippen LogP contribution >= 0.6 is 0 Å². The second-order valence-corrected chi connectivity index (χ2v) is 8.20. The first-order chi connectivity index (χ1) is 14.4. The summed E-state index contributed by atoms with van der Waals surface area (Å²) in [7, 11) is 1.64. The van der Waals surface area contributed by atoms with Crippen molar-refractivity contribution in [1.29, 1.82) is 0 Å². The maximum Gasteiger partial charge on any atom is 0.416 e. The van der Waals surface area contributed by atoms with E-state index in [4.69, 9.17) is 9.15 Å². The Morgan fingerprint density at radius 3 is 2.63 bits per heavy atom. The number of hydrogen-bond acceptors (Lipinski definition) is 5. The first-order valence-corrected chi connectivity index (χ1v) is 10.4. The third-order valence-corrected chi connectivity index (χ3v) is 6.19. The van der Waals surface area contributed by atoms with Gasteiger partial charge >= 0.3 is 6.18 Å². The SMILES string of the molecule is COCc1ccc(CN2CCC(C3NNCC3c3cccc(C(F)(F)F)c3)CC2)o1. The van der Waals surface area contributed by atoms with Crippen molar-refractivity contribution in [3.8, 4) is 0 Å². The summed E-state index contributed by atoms with van der Waals surface area (Å²) in [6.45, 7) is 3.76. The third-order valence-electron chi connectivity index (χ3n) is 6.19. The number of likely N-dealkylation sites (tertiary alicyclic amines) is 1. The largest absolute Gasteiger partial charge is 0.462 e. The van der Waals surface area contributed by atoms with Crippen molar-refractivity contribution in [1.82, 2.24) is 15.8 Å². The lowest BCUT2D eigenvalue weighted by Crippen LogP contribution is -2.44. The molecule has 2 aliphatic rings. The quantitative estimate of drug-likeness (QED) is 0.738. The summed E-state index contributed by atoms with van der Waals surface area (Å²) in [4.78, 5) is 2.37. The molecule has 2 unspecified atom stereocenters. The van der Waals surface area contributed by atoms with E-state index in [9.17, 15) is 13.2 Å². The predicted octanol–water partition coefficient (Wildman–Crippen LogP) is 3.92. The number of nitrogens with one attached hydrogen (secondary N) is 2. The molecule has 0 bridgehead atoms. The Hall–Kier alpha value is -1.87. The van der Waals surface area contributed by atoms with Gasteiger partial charge in [0, 0.05) is 25.6 Å². The summed E-state index contributed by atoms with van der Waals surface area (Å²) >= 11 is 0. The molecule has 2 saturated heterocycles. The van der Waals surface area contributed by atoms with E-state index in [0.29, 0.717) is 19.1 Å². The van der Waals surface area contributed by atoms with E-state index in [1.54, 1.807) is 7.11 Å². The molecule has 0 saturated carbocycles. The molecule has 3 heterocycles. The molecule has 2 aromatic rings. The maximum absolute atomic E-state index is 13.1. The molecule has 30 heavy (non-hydrogen) atoms. The number of methoxy groups -OCH3 is 1. The average molecular weight is 423 g/mol. The number of halogens is 3. The van der Waals surface area contributed by atoms with Gasteiger partial charge in [0.2, 0.25) is 0 Å².